The number of hydrogen-bond acceptors (Lipinski definition) is 4. The molecule has 0 saturated carbocycles. The third-order valence-corrected chi connectivity index (χ3v) is 4.76. The van der Waals surface area contributed by atoms with Gasteiger partial charge in [0.25, 0.3) is 0 Å². The van der Waals surface area contributed by atoms with E-state index in [0.29, 0.717) is 37.2 Å². The van der Waals surface area contributed by atoms with Gasteiger partial charge in [0.1, 0.15) is 0 Å². The van der Waals surface area contributed by atoms with Gasteiger partial charge in [-0.05, 0) is 32.4 Å². The molecule has 0 bridgehead atoms. The molecular formula is C16H28IN3O3S. The maximum Gasteiger partial charge on any atom is 0.191 e. The van der Waals surface area contributed by atoms with Crippen molar-refractivity contribution in [3.8, 4) is 0 Å². The molecule has 0 saturated heterocycles. The van der Waals surface area contributed by atoms with E-state index in [4.69, 9.17) is 4.74 Å². The van der Waals surface area contributed by atoms with Gasteiger partial charge in [-0.15, -0.1) is 24.0 Å². The third-order valence-electron chi connectivity index (χ3n) is 3.03. The summed E-state index contributed by atoms with van der Waals surface area (Å²) in [5.74, 6) is 0.660. The van der Waals surface area contributed by atoms with Crippen LogP contribution >= 0.6 is 24.0 Å². The molecule has 0 unspecified atom stereocenters. The minimum atomic E-state index is -3.27. The van der Waals surface area contributed by atoms with E-state index in [0.717, 1.165) is 13.0 Å². The molecule has 0 aliphatic carbocycles. The largest absolute Gasteiger partial charge is 0.382 e. The first-order valence-electron chi connectivity index (χ1n) is 7.98. The average molecular weight is 469 g/mol. The van der Waals surface area contributed by atoms with Gasteiger partial charge in [-0.25, -0.2) is 8.42 Å². The van der Waals surface area contributed by atoms with Crippen molar-refractivity contribution in [3.05, 3.63) is 30.3 Å². The summed E-state index contributed by atoms with van der Waals surface area (Å²) in [7, 11) is -3.27. The summed E-state index contributed by atoms with van der Waals surface area (Å²) in [6.07, 6.45) is 0.840. The molecule has 0 spiro atoms. The molecular weight excluding hydrogens is 441 g/mol. The van der Waals surface area contributed by atoms with E-state index in [-0.39, 0.29) is 29.7 Å². The fraction of sp³-hybridized carbons (Fsp3) is 0.562. The number of aliphatic imine (C=N–C) groups is 1. The van der Waals surface area contributed by atoms with E-state index in [2.05, 4.69) is 15.6 Å². The Morgan fingerprint density at radius 1 is 1.17 bits per heavy atom. The number of rotatable bonds is 10. The first-order chi connectivity index (χ1) is 11.1. The normalized spacial score (nSPS) is 11.7. The molecule has 0 aromatic heterocycles. The Kier molecular flexibility index (Phi) is 12.9. The maximum atomic E-state index is 12.2. The molecule has 0 aliphatic heterocycles. The molecule has 0 aliphatic rings. The Morgan fingerprint density at radius 2 is 1.88 bits per heavy atom. The van der Waals surface area contributed by atoms with Gasteiger partial charge in [0.05, 0.1) is 10.6 Å². The molecule has 0 radical (unpaired) electrons. The van der Waals surface area contributed by atoms with Crippen LogP contribution in [0, 0.1) is 0 Å². The highest BCUT2D eigenvalue weighted by Gasteiger charge is 2.13. The number of halogens is 1. The van der Waals surface area contributed by atoms with Crippen molar-refractivity contribution in [1.82, 2.24) is 10.6 Å². The highest BCUT2D eigenvalue weighted by atomic mass is 127. The van der Waals surface area contributed by atoms with Crippen molar-refractivity contribution in [1.29, 1.82) is 0 Å². The lowest BCUT2D eigenvalue weighted by Crippen LogP contribution is -2.39. The van der Waals surface area contributed by atoms with E-state index in [1.807, 2.05) is 13.8 Å². The van der Waals surface area contributed by atoms with Crippen LogP contribution < -0.4 is 10.6 Å². The van der Waals surface area contributed by atoms with E-state index in [9.17, 15) is 8.42 Å². The molecule has 0 heterocycles. The first kappa shape index (κ1) is 23.1. The Balaban J connectivity index is 0.00000529. The Hall–Kier alpha value is -0.870. The summed E-state index contributed by atoms with van der Waals surface area (Å²) >= 11 is 0. The summed E-state index contributed by atoms with van der Waals surface area (Å²) in [4.78, 5) is 4.74. The molecule has 8 heteroatoms. The van der Waals surface area contributed by atoms with Gasteiger partial charge < -0.3 is 15.4 Å². The standard InChI is InChI=1S/C16H27N3O3S.HI/c1-3-17-16(18-11-8-13-22-4-2)19-12-14-23(20,21)15-9-6-5-7-10-15;/h5-7,9-10H,3-4,8,11-14H2,1-2H3,(H2,17,18,19);1H. The number of hydrogen-bond donors (Lipinski definition) is 2. The second-order valence-corrected chi connectivity index (χ2v) is 6.98. The number of nitrogens with zero attached hydrogens (tertiary/aromatic N) is 1. The summed E-state index contributed by atoms with van der Waals surface area (Å²) in [6, 6.07) is 8.48. The Bertz CT molecular complexity index is 565. The summed E-state index contributed by atoms with van der Waals surface area (Å²) in [6.45, 7) is 7.00. The number of sulfone groups is 1. The van der Waals surface area contributed by atoms with Crippen molar-refractivity contribution < 1.29 is 13.2 Å². The first-order valence-corrected chi connectivity index (χ1v) is 9.63. The van der Waals surface area contributed by atoms with Gasteiger partial charge in [-0.3, -0.25) is 4.99 Å². The van der Waals surface area contributed by atoms with Crippen LogP contribution in [0.25, 0.3) is 0 Å². The average Bonchev–Trinajstić information content (AvgIpc) is 2.55. The lowest BCUT2D eigenvalue weighted by molar-refractivity contribution is 0.146. The van der Waals surface area contributed by atoms with Crippen LogP contribution in [0.2, 0.25) is 0 Å². The van der Waals surface area contributed by atoms with Crippen LogP contribution in [0.15, 0.2) is 40.2 Å². The van der Waals surface area contributed by atoms with Gasteiger partial charge in [0.15, 0.2) is 15.8 Å². The minimum Gasteiger partial charge on any atom is -0.382 e. The van der Waals surface area contributed by atoms with Crippen LogP contribution in [0.4, 0.5) is 0 Å². The molecule has 0 fully saturated rings. The van der Waals surface area contributed by atoms with E-state index < -0.39 is 9.84 Å². The SMILES string of the molecule is CCNC(=NCCCOCC)NCCS(=O)(=O)c1ccccc1.I. The molecule has 24 heavy (non-hydrogen) atoms. The van der Waals surface area contributed by atoms with Crippen LogP contribution in [-0.4, -0.2) is 53.0 Å². The molecule has 1 aromatic carbocycles. The third kappa shape index (κ3) is 9.43. The van der Waals surface area contributed by atoms with Gasteiger partial charge in [-0.1, -0.05) is 18.2 Å². The lowest BCUT2D eigenvalue weighted by Gasteiger charge is -2.11. The van der Waals surface area contributed by atoms with Crippen LogP contribution in [0.3, 0.4) is 0 Å². The number of ether oxygens (including phenoxy) is 1. The zero-order chi connectivity index (χ0) is 17.0. The molecule has 0 amide bonds. The van der Waals surface area contributed by atoms with Gasteiger partial charge in [0, 0.05) is 32.8 Å². The van der Waals surface area contributed by atoms with Crippen molar-refractivity contribution >= 4 is 39.8 Å². The Morgan fingerprint density at radius 3 is 2.50 bits per heavy atom. The maximum absolute atomic E-state index is 12.2. The minimum absolute atomic E-state index is 0. The fourth-order valence-electron chi connectivity index (χ4n) is 1.89. The summed E-state index contributed by atoms with van der Waals surface area (Å²) < 4.78 is 29.6. The smallest absolute Gasteiger partial charge is 0.191 e. The highest BCUT2D eigenvalue weighted by molar-refractivity contribution is 14.0. The zero-order valence-electron chi connectivity index (χ0n) is 14.3. The van der Waals surface area contributed by atoms with Crippen molar-refractivity contribution in [2.45, 2.75) is 25.2 Å². The fourth-order valence-corrected chi connectivity index (χ4v) is 3.07. The Labute approximate surface area is 162 Å². The van der Waals surface area contributed by atoms with E-state index in [1.165, 1.54) is 0 Å². The van der Waals surface area contributed by atoms with E-state index >= 15 is 0 Å². The predicted octanol–water partition coefficient (Wildman–Crippen LogP) is 2.06. The summed E-state index contributed by atoms with van der Waals surface area (Å²) in [5, 5.41) is 6.16. The predicted molar refractivity (Wildman–Crippen MR) is 109 cm³/mol. The van der Waals surface area contributed by atoms with E-state index in [1.54, 1.807) is 30.3 Å². The molecule has 1 rings (SSSR count). The molecule has 6 nitrogen and oxygen atoms in total. The molecule has 138 valence electrons. The van der Waals surface area contributed by atoms with Crippen LogP contribution in [0.1, 0.15) is 20.3 Å². The quantitative estimate of drug-likeness (QED) is 0.237. The lowest BCUT2D eigenvalue weighted by atomic mass is 10.4. The second-order valence-electron chi connectivity index (χ2n) is 4.87. The number of guanidine groups is 1. The summed E-state index contributed by atoms with van der Waals surface area (Å²) in [5.41, 5.74) is 0. The number of nitrogens with one attached hydrogen (secondary N) is 2. The topological polar surface area (TPSA) is 79.8 Å². The van der Waals surface area contributed by atoms with Crippen LogP contribution in [0.5, 0.6) is 0 Å². The molecule has 0 atom stereocenters. The van der Waals surface area contributed by atoms with Crippen molar-refractivity contribution in [2.24, 2.45) is 4.99 Å². The molecule has 2 N–H and O–H groups in total. The van der Waals surface area contributed by atoms with Crippen molar-refractivity contribution in [3.63, 3.8) is 0 Å². The number of benzene rings is 1. The van der Waals surface area contributed by atoms with Crippen molar-refractivity contribution in [2.75, 3.05) is 38.6 Å². The zero-order valence-corrected chi connectivity index (χ0v) is 17.5. The second kappa shape index (κ2) is 13.4. The van der Waals surface area contributed by atoms with Crippen LogP contribution in [-0.2, 0) is 14.6 Å². The van der Waals surface area contributed by atoms with Gasteiger partial charge in [0.2, 0.25) is 0 Å². The monoisotopic (exact) mass is 469 g/mol. The molecule has 1 aromatic rings. The van der Waals surface area contributed by atoms with Gasteiger partial charge in [-0.2, -0.15) is 0 Å². The van der Waals surface area contributed by atoms with Gasteiger partial charge >= 0.3 is 0 Å². The highest BCUT2D eigenvalue weighted by Crippen LogP contribution is 2.09.